The number of hydrogen-bond donors (Lipinski definition) is 2. The molecule has 1 saturated heterocycles. The van der Waals surface area contributed by atoms with Crippen LogP contribution in [0.5, 0.6) is 0 Å². The molecule has 0 bridgehead atoms. The van der Waals surface area contributed by atoms with Crippen LogP contribution < -0.4 is 15.5 Å². The molecule has 1 aliphatic rings. The molecule has 1 fully saturated rings. The highest BCUT2D eigenvalue weighted by molar-refractivity contribution is 5.98. The normalized spacial score (nSPS) is 13.8. The van der Waals surface area contributed by atoms with Crippen molar-refractivity contribution in [2.45, 2.75) is 19.9 Å². The number of halogens is 1. The molecule has 0 aromatic carbocycles. The van der Waals surface area contributed by atoms with Gasteiger partial charge in [-0.25, -0.2) is 24.3 Å². The Morgan fingerprint density at radius 3 is 2.54 bits per heavy atom. The molecule has 4 aromatic heterocycles. The van der Waals surface area contributed by atoms with Crippen LogP contribution in [0.15, 0.2) is 42.7 Å². The van der Waals surface area contributed by atoms with Crippen LogP contribution in [-0.2, 0) is 0 Å². The smallest absolute Gasteiger partial charge is 0.270 e. The summed E-state index contributed by atoms with van der Waals surface area (Å²) in [4.78, 5) is 34.1. The Morgan fingerprint density at radius 1 is 1.08 bits per heavy atom. The summed E-state index contributed by atoms with van der Waals surface area (Å²) in [6, 6.07) is 9.18. The number of amides is 1. The molecule has 0 unspecified atom stereocenters. The van der Waals surface area contributed by atoms with E-state index in [9.17, 15) is 9.18 Å². The Balaban J connectivity index is 1.43. The van der Waals surface area contributed by atoms with E-state index < -0.39 is 5.82 Å². The fourth-order valence-electron chi connectivity index (χ4n) is 4.48. The van der Waals surface area contributed by atoms with E-state index in [2.05, 4.69) is 35.5 Å². The zero-order chi connectivity index (χ0) is 26.1. The summed E-state index contributed by atoms with van der Waals surface area (Å²) in [5, 5.41) is 6.39. The lowest BCUT2D eigenvalue weighted by Gasteiger charge is -2.29. The third kappa shape index (κ3) is 4.94. The van der Waals surface area contributed by atoms with E-state index in [1.54, 1.807) is 32.4 Å². The molecule has 5 rings (SSSR count). The first-order chi connectivity index (χ1) is 17.8. The van der Waals surface area contributed by atoms with Gasteiger partial charge in [-0.05, 0) is 44.2 Å². The molecular weight excluding hydrogens is 473 g/mol. The molecule has 11 heteroatoms. The van der Waals surface area contributed by atoms with Crippen molar-refractivity contribution in [1.29, 1.82) is 0 Å². The number of carbonyl (C=O) groups excluding carboxylic acids is 1. The minimum absolute atomic E-state index is 0.0427. The lowest BCUT2D eigenvalue weighted by Crippen LogP contribution is -2.43. The summed E-state index contributed by atoms with van der Waals surface area (Å²) < 4.78 is 16.8. The van der Waals surface area contributed by atoms with E-state index in [1.807, 2.05) is 36.6 Å². The Labute approximate surface area is 214 Å². The van der Waals surface area contributed by atoms with Gasteiger partial charge in [0.05, 0.1) is 34.8 Å². The summed E-state index contributed by atoms with van der Waals surface area (Å²) in [6.45, 7) is 7.77. The fraction of sp³-hybridized carbons (Fsp3) is 0.346. The highest BCUT2D eigenvalue weighted by Gasteiger charge is 2.21. The average molecular weight is 504 g/mol. The molecule has 0 aliphatic carbocycles. The van der Waals surface area contributed by atoms with Crippen LogP contribution in [0.2, 0.25) is 0 Å². The van der Waals surface area contributed by atoms with Crippen molar-refractivity contribution in [1.82, 2.24) is 34.7 Å². The van der Waals surface area contributed by atoms with Crippen molar-refractivity contribution in [2.75, 3.05) is 50.5 Å². The fourth-order valence-corrected chi connectivity index (χ4v) is 4.48. The van der Waals surface area contributed by atoms with Crippen LogP contribution in [-0.4, -0.2) is 75.6 Å². The zero-order valence-corrected chi connectivity index (χ0v) is 21.4. The van der Waals surface area contributed by atoms with Crippen LogP contribution in [0.1, 0.15) is 30.4 Å². The molecule has 10 nitrogen and oxygen atoms in total. The third-order valence-corrected chi connectivity index (χ3v) is 6.29. The molecule has 2 N–H and O–H groups in total. The number of anilines is 3. The van der Waals surface area contributed by atoms with E-state index in [4.69, 9.17) is 0 Å². The maximum absolute atomic E-state index is 14.8. The first-order valence-electron chi connectivity index (χ1n) is 12.3. The van der Waals surface area contributed by atoms with E-state index in [1.165, 1.54) is 4.90 Å². The van der Waals surface area contributed by atoms with Gasteiger partial charge < -0.3 is 25.0 Å². The van der Waals surface area contributed by atoms with Crippen molar-refractivity contribution in [3.63, 3.8) is 0 Å². The predicted molar refractivity (Wildman–Crippen MR) is 142 cm³/mol. The van der Waals surface area contributed by atoms with Crippen molar-refractivity contribution in [3.05, 3.63) is 54.2 Å². The summed E-state index contributed by atoms with van der Waals surface area (Å²) in [5.41, 5.74) is 3.38. The van der Waals surface area contributed by atoms with Crippen molar-refractivity contribution in [3.8, 4) is 11.4 Å². The Morgan fingerprint density at radius 2 is 1.86 bits per heavy atom. The monoisotopic (exact) mass is 503 g/mol. The summed E-state index contributed by atoms with van der Waals surface area (Å²) in [7, 11) is 3.42. The second-order valence-electron chi connectivity index (χ2n) is 9.45. The minimum Gasteiger partial charge on any atom is -0.368 e. The van der Waals surface area contributed by atoms with Crippen LogP contribution in [0.4, 0.5) is 21.8 Å². The zero-order valence-electron chi connectivity index (χ0n) is 21.4. The van der Waals surface area contributed by atoms with Crippen LogP contribution in [0.3, 0.4) is 0 Å². The van der Waals surface area contributed by atoms with Gasteiger partial charge in [0.1, 0.15) is 17.2 Å². The van der Waals surface area contributed by atoms with Crippen molar-refractivity contribution in [2.24, 2.45) is 0 Å². The summed E-state index contributed by atoms with van der Waals surface area (Å²) >= 11 is 0. The SMILES string of the molecule is CC(C)n1c(C(=O)N(C)C)cc2nc(-c3nc(Nc4ccc(N5CCNCC5)cn4)ncc3F)ccc21. The van der Waals surface area contributed by atoms with Gasteiger partial charge in [0.25, 0.3) is 5.91 Å². The number of fused-ring (bicyclic) bond motifs is 1. The summed E-state index contributed by atoms with van der Waals surface area (Å²) in [5.74, 6) is 0.0559. The van der Waals surface area contributed by atoms with Crippen molar-refractivity contribution >= 4 is 34.4 Å². The van der Waals surface area contributed by atoms with Gasteiger partial charge in [-0.2, -0.15) is 0 Å². The standard InChI is InChI=1S/C26H30FN9O/c1-16(2)36-21-7-6-19(31-20(21)13-22(36)25(37)34(3)4)24-18(27)15-30-26(33-24)32-23-8-5-17(14-29-23)35-11-9-28-10-12-35/h5-8,13-16,28H,9-12H2,1-4H3,(H,29,30,32,33). The highest BCUT2D eigenvalue weighted by Crippen LogP contribution is 2.28. The molecular formula is C26H30FN9O. The second-order valence-corrected chi connectivity index (χ2v) is 9.45. The number of pyridine rings is 2. The van der Waals surface area contributed by atoms with Gasteiger partial charge >= 0.3 is 0 Å². The summed E-state index contributed by atoms with van der Waals surface area (Å²) in [6.07, 6.45) is 2.92. The molecule has 0 saturated carbocycles. The number of rotatable bonds is 6. The molecule has 0 atom stereocenters. The molecule has 0 spiro atoms. The number of nitrogens with one attached hydrogen (secondary N) is 2. The molecule has 4 aromatic rings. The van der Waals surface area contributed by atoms with Gasteiger partial charge in [0, 0.05) is 46.3 Å². The first-order valence-corrected chi connectivity index (χ1v) is 12.3. The van der Waals surface area contributed by atoms with Gasteiger partial charge in [-0.1, -0.05) is 0 Å². The van der Waals surface area contributed by atoms with Crippen LogP contribution in [0, 0.1) is 5.82 Å². The number of aromatic nitrogens is 5. The van der Waals surface area contributed by atoms with Gasteiger partial charge in [0.15, 0.2) is 5.82 Å². The van der Waals surface area contributed by atoms with Crippen LogP contribution in [0.25, 0.3) is 22.4 Å². The molecule has 1 aliphatic heterocycles. The lowest BCUT2D eigenvalue weighted by molar-refractivity contribution is 0.0816. The molecule has 192 valence electrons. The maximum atomic E-state index is 14.8. The lowest BCUT2D eigenvalue weighted by atomic mass is 10.2. The molecule has 37 heavy (non-hydrogen) atoms. The first kappa shape index (κ1) is 24.6. The largest absolute Gasteiger partial charge is 0.368 e. The number of carbonyl (C=O) groups is 1. The predicted octanol–water partition coefficient (Wildman–Crippen LogP) is 3.46. The average Bonchev–Trinajstić information content (AvgIpc) is 3.29. The number of nitrogens with zero attached hydrogens (tertiary/aromatic N) is 7. The van der Waals surface area contributed by atoms with Gasteiger partial charge in [0.2, 0.25) is 5.95 Å². The Bertz CT molecular complexity index is 1430. The number of piperazine rings is 1. The van der Waals surface area contributed by atoms with E-state index in [0.29, 0.717) is 22.7 Å². The van der Waals surface area contributed by atoms with E-state index in [0.717, 1.165) is 43.6 Å². The minimum atomic E-state index is -0.590. The Kier molecular flexibility index (Phi) is 6.70. The van der Waals surface area contributed by atoms with E-state index >= 15 is 0 Å². The van der Waals surface area contributed by atoms with Gasteiger partial charge in [-0.15, -0.1) is 0 Å². The molecule has 0 radical (unpaired) electrons. The molecule has 5 heterocycles. The molecule has 1 amide bonds. The number of hydrogen-bond acceptors (Lipinski definition) is 8. The Hall–Kier alpha value is -4.12. The van der Waals surface area contributed by atoms with Crippen LogP contribution >= 0.6 is 0 Å². The van der Waals surface area contributed by atoms with Crippen molar-refractivity contribution < 1.29 is 9.18 Å². The third-order valence-electron chi connectivity index (χ3n) is 6.29. The maximum Gasteiger partial charge on any atom is 0.270 e. The van der Waals surface area contributed by atoms with E-state index in [-0.39, 0.29) is 23.6 Å². The quantitative estimate of drug-likeness (QED) is 0.412. The van der Waals surface area contributed by atoms with Gasteiger partial charge in [-0.3, -0.25) is 4.79 Å². The highest BCUT2D eigenvalue weighted by atomic mass is 19.1. The second kappa shape index (κ2) is 10.1. The topological polar surface area (TPSA) is 104 Å².